The molecule has 0 spiro atoms. The van der Waals surface area contributed by atoms with E-state index in [1.54, 1.807) is 43.4 Å². The Morgan fingerprint density at radius 2 is 1.73 bits per heavy atom. The molecule has 1 aliphatic heterocycles. The molecule has 172 valence electrons. The number of carbonyl (C=O) groups excluding carboxylic acids is 2. The van der Waals surface area contributed by atoms with Crippen molar-refractivity contribution >= 4 is 23.3 Å². The number of hydrogen-bond donors (Lipinski definition) is 1. The molecule has 1 amide bonds. The molecule has 0 fully saturated rings. The van der Waals surface area contributed by atoms with Crippen LogP contribution in [0.2, 0.25) is 0 Å². The van der Waals surface area contributed by atoms with Gasteiger partial charge >= 0.3 is 5.97 Å². The minimum absolute atomic E-state index is 0.00998. The smallest absolute Gasteiger partial charge is 0.335 e. The number of methoxy groups -OCH3 is 2. The van der Waals surface area contributed by atoms with Crippen LogP contribution in [0, 0.1) is 5.41 Å². The number of rotatable bonds is 5. The van der Waals surface area contributed by atoms with E-state index >= 15 is 0 Å². The molecule has 2 aromatic rings. The maximum atomic E-state index is 13.5. The molecule has 7 nitrogen and oxygen atoms in total. The quantitative estimate of drug-likeness (QED) is 0.719. The average Bonchev–Trinajstić information content (AvgIpc) is 2.77. The molecule has 1 unspecified atom stereocenters. The minimum atomic E-state index is -1.04. The summed E-state index contributed by atoms with van der Waals surface area (Å²) in [5.41, 5.74) is 2.41. The van der Waals surface area contributed by atoms with Crippen LogP contribution in [-0.2, 0) is 9.59 Å². The Balaban J connectivity index is 1.90. The third-order valence-corrected chi connectivity index (χ3v) is 6.33. The van der Waals surface area contributed by atoms with Crippen LogP contribution < -0.4 is 14.4 Å². The van der Waals surface area contributed by atoms with Gasteiger partial charge in [0.1, 0.15) is 11.5 Å². The second-order valence-electron chi connectivity index (χ2n) is 9.25. The molecule has 4 rings (SSSR count). The van der Waals surface area contributed by atoms with Crippen molar-refractivity contribution in [3.8, 4) is 11.5 Å². The number of nitrogens with zero attached hydrogens (tertiary/aromatic N) is 1. The predicted octanol–water partition coefficient (Wildman–Crippen LogP) is 4.57. The number of allylic oxidation sites excluding steroid dienone is 2. The molecule has 0 radical (unpaired) electrons. The van der Waals surface area contributed by atoms with Crippen molar-refractivity contribution in [1.29, 1.82) is 0 Å². The summed E-state index contributed by atoms with van der Waals surface area (Å²) in [6.07, 6.45) is 1.02. The Bertz CT molecular complexity index is 1160. The minimum Gasteiger partial charge on any atom is -0.497 e. The normalized spacial score (nSPS) is 19.9. The monoisotopic (exact) mass is 449 g/mol. The molecule has 1 aliphatic carbocycles. The summed E-state index contributed by atoms with van der Waals surface area (Å²) in [6.45, 7) is 4.03. The van der Waals surface area contributed by atoms with Gasteiger partial charge in [-0.2, -0.15) is 0 Å². The van der Waals surface area contributed by atoms with E-state index in [1.165, 1.54) is 12.1 Å². The highest BCUT2D eigenvalue weighted by molar-refractivity contribution is 6.08. The van der Waals surface area contributed by atoms with Gasteiger partial charge in [0.25, 0.3) is 0 Å². The maximum absolute atomic E-state index is 13.5. The summed E-state index contributed by atoms with van der Waals surface area (Å²) in [4.78, 5) is 39.8. The third kappa shape index (κ3) is 4.11. The van der Waals surface area contributed by atoms with Gasteiger partial charge in [-0.15, -0.1) is 0 Å². The lowest BCUT2D eigenvalue weighted by atomic mass is 9.69. The zero-order valence-electron chi connectivity index (χ0n) is 19.2. The van der Waals surface area contributed by atoms with E-state index in [-0.39, 0.29) is 29.1 Å². The first kappa shape index (κ1) is 22.6. The van der Waals surface area contributed by atoms with Crippen LogP contribution in [0.4, 0.5) is 5.69 Å². The molecule has 7 heteroatoms. The van der Waals surface area contributed by atoms with Gasteiger partial charge in [-0.1, -0.05) is 13.8 Å². The van der Waals surface area contributed by atoms with Gasteiger partial charge in [0, 0.05) is 41.3 Å². The highest BCUT2D eigenvalue weighted by Crippen LogP contribution is 2.49. The van der Waals surface area contributed by atoms with Gasteiger partial charge in [0.15, 0.2) is 5.78 Å². The van der Waals surface area contributed by atoms with E-state index in [1.807, 2.05) is 19.9 Å². The predicted molar refractivity (Wildman–Crippen MR) is 123 cm³/mol. The summed E-state index contributed by atoms with van der Waals surface area (Å²) in [6, 6.07) is 11.6. The van der Waals surface area contributed by atoms with E-state index < -0.39 is 11.9 Å². The van der Waals surface area contributed by atoms with Crippen molar-refractivity contribution in [3.05, 3.63) is 64.9 Å². The largest absolute Gasteiger partial charge is 0.497 e. The molecule has 0 saturated heterocycles. The number of benzene rings is 2. The molecule has 1 N–H and O–H groups in total. The topological polar surface area (TPSA) is 93.1 Å². The van der Waals surface area contributed by atoms with Gasteiger partial charge < -0.3 is 14.6 Å². The lowest BCUT2D eigenvalue weighted by molar-refractivity contribution is -0.121. The first-order valence-electron chi connectivity index (χ1n) is 10.8. The van der Waals surface area contributed by atoms with E-state index in [0.717, 1.165) is 5.56 Å². The first-order valence-corrected chi connectivity index (χ1v) is 10.8. The Hall–Kier alpha value is -3.61. The Labute approximate surface area is 192 Å². The third-order valence-electron chi connectivity index (χ3n) is 6.33. The fourth-order valence-electron chi connectivity index (χ4n) is 4.85. The van der Waals surface area contributed by atoms with Crippen molar-refractivity contribution in [3.63, 3.8) is 0 Å². The second-order valence-corrected chi connectivity index (χ2v) is 9.25. The summed E-state index contributed by atoms with van der Waals surface area (Å²) in [5, 5.41) is 9.23. The first-order chi connectivity index (χ1) is 15.6. The Morgan fingerprint density at radius 3 is 2.33 bits per heavy atom. The zero-order valence-corrected chi connectivity index (χ0v) is 19.2. The molecule has 0 bridgehead atoms. The second kappa shape index (κ2) is 8.39. The number of ketones is 1. The van der Waals surface area contributed by atoms with Crippen LogP contribution in [-0.4, -0.2) is 37.0 Å². The fourth-order valence-corrected chi connectivity index (χ4v) is 4.85. The SMILES string of the molecule is COc1ccc(OC)c(C2CC(=O)N(c3ccc(C(=O)O)cc3)C3=C2C(=O)CC(C)(C)C3)c1. The maximum Gasteiger partial charge on any atom is 0.335 e. The van der Waals surface area contributed by atoms with Crippen molar-refractivity contribution in [2.24, 2.45) is 5.41 Å². The molecule has 2 aliphatic rings. The number of amides is 1. The lowest BCUT2D eigenvalue weighted by Crippen LogP contribution is -2.43. The molecule has 33 heavy (non-hydrogen) atoms. The summed E-state index contributed by atoms with van der Waals surface area (Å²) in [5.74, 6) is -0.415. The van der Waals surface area contributed by atoms with E-state index in [4.69, 9.17) is 9.47 Å². The molecule has 1 atom stereocenters. The number of carboxylic acid groups (broad SMARTS) is 1. The molecule has 1 heterocycles. The van der Waals surface area contributed by atoms with Gasteiger partial charge in [-0.05, 0) is 54.3 Å². The van der Waals surface area contributed by atoms with E-state index in [2.05, 4.69) is 0 Å². The van der Waals surface area contributed by atoms with Crippen LogP contribution in [0.15, 0.2) is 53.7 Å². The molecule has 0 saturated carbocycles. The number of ether oxygens (including phenoxy) is 2. The number of Topliss-reactive ketones (excluding diaryl/α,β-unsaturated/α-hetero) is 1. The van der Waals surface area contributed by atoms with E-state index in [0.29, 0.717) is 41.3 Å². The molecule has 2 aromatic carbocycles. The molecular weight excluding hydrogens is 422 g/mol. The highest BCUT2D eigenvalue weighted by Gasteiger charge is 2.45. The van der Waals surface area contributed by atoms with Crippen LogP contribution in [0.1, 0.15) is 54.9 Å². The Kier molecular flexibility index (Phi) is 5.74. The number of carboxylic acids is 1. The van der Waals surface area contributed by atoms with Gasteiger partial charge in [-0.3, -0.25) is 14.5 Å². The van der Waals surface area contributed by atoms with Crippen LogP contribution >= 0.6 is 0 Å². The van der Waals surface area contributed by atoms with Crippen LogP contribution in [0.5, 0.6) is 11.5 Å². The number of carbonyl (C=O) groups is 3. The van der Waals surface area contributed by atoms with Gasteiger partial charge in [0.05, 0.1) is 19.8 Å². The van der Waals surface area contributed by atoms with Crippen LogP contribution in [0.3, 0.4) is 0 Å². The Morgan fingerprint density at radius 1 is 1.03 bits per heavy atom. The molecular formula is C26H27NO6. The van der Waals surface area contributed by atoms with Gasteiger partial charge in [0.2, 0.25) is 5.91 Å². The highest BCUT2D eigenvalue weighted by atomic mass is 16.5. The van der Waals surface area contributed by atoms with Crippen molar-refractivity contribution in [2.75, 3.05) is 19.1 Å². The van der Waals surface area contributed by atoms with Crippen molar-refractivity contribution in [2.45, 2.75) is 39.0 Å². The summed E-state index contributed by atoms with van der Waals surface area (Å²) >= 11 is 0. The lowest BCUT2D eigenvalue weighted by Gasteiger charge is -2.43. The fraction of sp³-hybridized carbons (Fsp3) is 0.346. The summed E-state index contributed by atoms with van der Waals surface area (Å²) in [7, 11) is 3.13. The van der Waals surface area contributed by atoms with Crippen molar-refractivity contribution < 1.29 is 29.0 Å². The standard InChI is InChI=1S/C26H27NO6/c1-26(2)13-20-24(21(28)14-26)19(18-11-17(32-3)9-10-22(18)33-4)12-23(29)27(20)16-7-5-15(6-8-16)25(30)31/h5-11,19H,12-14H2,1-4H3,(H,30,31). The van der Waals surface area contributed by atoms with E-state index in [9.17, 15) is 19.5 Å². The van der Waals surface area contributed by atoms with Crippen LogP contribution in [0.25, 0.3) is 0 Å². The zero-order chi connectivity index (χ0) is 23.9. The van der Waals surface area contributed by atoms with Gasteiger partial charge in [-0.25, -0.2) is 4.79 Å². The number of aromatic carboxylic acids is 1. The summed E-state index contributed by atoms with van der Waals surface area (Å²) < 4.78 is 11.0. The number of hydrogen-bond acceptors (Lipinski definition) is 5. The number of anilines is 1. The van der Waals surface area contributed by atoms with Crippen molar-refractivity contribution in [1.82, 2.24) is 0 Å². The molecule has 0 aromatic heterocycles. The average molecular weight is 450 g/mol.